The van der Waals surface area contributed by atoms with Crippen molar-refractivity contribution in [2.24, 2.45) is 0 Å². The molecule has 2 aromatic carbocycles. The molecule has 0 aromatic heterocycles. The third kappa shape index (κ3) is 3.80. The molecule has 0 bridgehead atoms. The molecule has 0 atom stereocenters. The lowest BCUT2D eigenvalue weighted by molar-refractivity contribution is 0.482. The molecule has 0 fully saturated rings. The van der Waals surface area contributed by atoms with Gasteiger partial charge in [0.2, 0.25) is 0 Å². The quantitative estimate of drug-likeness (QED) is 0.599. The van der Waals surface area contributed by atoms with Crippen LogP contribution in [0.2, 0.25) is 0 Å². The number of allylic oxidation sites excluding steroid dienone is 6. The van der Waals surface area contributed by atoms with Gasteiger partial charge in [0.05, 0.1) is 0 Å². The monoisotopic (exact) mass is 353 g/mol. The number of rotatable bonds is 3. The molecule has 0 N–H and O–H groups in total. The van der Waals surface area contributed by atoms with E-state index in [1.165, 1.54) is 16.8 Å². The second kappa shape index (κ2) is 7.55. The molecule has 2 heteroatoms. The molecule has 2 aliphatic rings. The minimum absolute atomic E-state index is 0.830. The van der Waals surface area contributed by atoms with Crippen molar-refractivity contribution in [2.75, 3.05) is 4.90 Å². The lowest BCUT2D eigenvalue weighted by atomic mass is 9.95. The van der Waals surface area contributed by atoms with Crippen LogP contribution in [0, 0.1) is 6.92 Å². The Morgan fingerprint density at radius 2 is 1.52 bits per heavy atom. The summed E-state index contributed by atoms with van der Waals surface area (Å²) in [7, 11) is 0. The standard InChI is InChI=1S/C25H23NO/c1-19-10-14-22(15-11-19)27-23-16-12-21(13-17-23)26-18-6-5-7-20(2)24-8-3-4-9-25(24)26/h5-18H,2-4H2,1H3/b7-5-,18-6-. The Kier molecular flexibility index (Phi) is 4.80. The Bertz CT molecular complexity index is 956. The summed E-state index contributed by atoms with van der Waals surface area (Å²) in [6.07, 6.45) is 14.9. The number of fused-ring (bicyclic) bond motifs is 1. The molecule has 0 spiro atoms. The minimum atomic E-state index is 0.830. The Labute approximate surface area is 161 Å². The summed E-state index contributed by atoms with van der Waals surface area (Å²) in [4.78, 5) is 2.22. The number of ether oxygens (including phenoxy) is 1. The van der Waals surface area contributed by atoms with E-state index in [4.69, 9.17) is 4.74 Å². The van der Waals surface area contributed by atoms with Crippen molar-refractivity contribution >= 4 is 5.69 Å². The van der Waals surface area contributed by atoms with E-state index in [1.54, 1.807) is 0 Å². The Morgan fingerprint density at radius 3 is 2.26 bits per heavy atom. The molecule has 1 aliphatic carbocycles. The zero-order valence-electron chi connectivity index (χ0n) is 15.6. The van der Waals surface area contributed by atoms with Crippen LogP contribution in [0.4, 0.5) is 5.69 Å². The molecule has 1 aliphatic heterocycles. The number of nitrogens with zero attached hydrogens (tertiary/aromatic N) is 1. The first kappa shape index (κ1) is 17.2. The lowest BCUT2D eigenvalue weighted by Crippen LogP contribution is -2.19. The summed E-state index contributed by atoms with van der Waals surface area (Å²) >= 11 is 0. The van der Waals surface area contributed by atoms with Crippen LogP contribution in [-0.4, -0.2) is 0 Å². The van der Waals surface area contributed by atoms with Gasteiger partial charge in [0.25, 0.3) is 0 Å². The fraction of sp³-hybridized carbons (Fsp3) is 0.120. The maximum atomic E-state index is 5.96. The molecule has 27 heavy (non-hydrogen) atoms. The number of hydrogen-bond acceptors (Lipinski definition) is 2. The van der Waals surface area contributed by atoms with E-state index in [2.05, 4.69) is 67.1 Å². The fourth-order valence-corrected chi connectivity index (χ4v) is 3.31. The van der Waals surface area contributed by atoms with Gasteiger partial charge in [-0.1, -0.05) is 48.6 Å². The van der Waals surface area contributed by atoms with Crippen LogP contribution in [0.5, 0.6) is 11.5 Å². The van der Waals surface area contributed by atoms with Crippen LogP contribution in [0.3, 0.4) is 0 Å². The largest absolute Gasteiger partial charge is 0.457 e. The Morgan fingerprint density at radius 1 is 0.852 bits per heavy atom. The van der Waals surface area contributed by atoms with Gasteiger partial charge in [-0.15, -0.1) is 0 Å². The van der Waals surface area contributed by atoms with Crippen LogP contribution < -0.4 is 9.64 Å². The summed E-state index contributed by atoms with van der Waals surface area (Å²) in [5, 5.41) is 0. The molecule has 2 aromatic rings. The highest BCUT2D eigenvalue weighted by atomic mass is 16.5. The minimum Gasteiger partial charge on any atom is -0.457 e. The third-order valence-corrected chi connectivity index (χ3v) is 4.75. The Balaban J connectivity index is 1.60. The molecule has 0 saturated heterocycles. The van der Waals surface area contributed by atoms with Gasteiger partial charge in [-0.25, -0.2) is 0 Å². The maximum Gasteiger partial charge on any atom is 0.127 e. The van der Waals surface area contributed by atoms with Crippen molar-refractivity contribution in [3.63, 3.8) is 0 Å². The van der Waals surface area contributed by atoms with E-state index in [0.29, 0.717) is 0 Å². The van der Waals surface area contributed by atoms with Crippen molar-refractivity contribution in [1.29, 1.82) is 0 Å². The van der Waals surface area contributed by atoms with Crippen molar-refractivity contribution in [1.82, 2.24) is 0 Å². The summed E-state index contributed by atoms with van der Waals surface area (Å²) in [5.74, 6) is 1.68. The van der Waals surface area contributed by atoms with Crippen LogP contribution >= 0.6 is 0 Å². The second-order valence-electron chi connectivity index (χ2n) is 6.79. The highest BCUT2D eigenvalue weighted by molar-refractivity contribution is 5.67. The van der Waals surface area contributed by atoms with E-state index < -0.39 is 0 Å². The first-order chi connectivity index (χ1) is 13.2. The van der Waals surface area contributed by atoms with Gasteiger partial charge in [-0.3, -0.25) is 0 Å². The highest BCUT2D eigenvalue weighted by Gasteiger charge is 2.18. The third-order valence-electron chi connectivity index (χ3n) is 4.75. The Hall–Kier alpha value is -3.26. The summed E-state index contributed by atoms with van der Waals surface area (Å²) in [6.45, 7) is 6.29. The molecule has 0 radical (unpaired) electrons. The molecular formula is C25H23NO. The van der Waals surface area contributed by atoms with Crippen LogP contribution in [0.15, 0.2) is 109 Å². The number of hydrogen-bond donors (Lipinski definition) is 0. The zero-order valence-corrected chi connectivity index (χ0v) is 15.6. The average molecular weight is 353 g/mol. The summed E-state index contributed by atoms with van der Waals surface area (Å²) in [6, 6.07) is 16.3. The van der Waals surface area contributed by atoms with E-state index in [9.17, 15) is 0 Å². The first-order valence-electron chi connectivity index (χ1n) is 9.29. The predicted octanol–water partition coefficient (Wildman–Crippen LogP) is 6.84. The van der Waals surface area contributed by atoms with E-state index in [-0.39, 0.29) is 0 Å². The molecule has 134 valence electrons. The predicted molar refractivity (Wildman–Crippen MR) is 113 cm³/mol. The van der Waals surface area contributed by atoms with Crippen LogP contribution in [-0.2, 0) is 0 Å². The van der Waals surface area contributed by atoms with Gasteiger partial charge < -0.3 is 9.64 Å². The summed E-state index contributed by atoms with van der Waals surface area (Å²) in [5.41, 5.74) is 5.78. The van der Waals surface area contributed by atoms with Crippen molar-refractivity contribution in [3.05, 3.63) is 114 Å². The molecule has 1 heterocycles. The molecule has 0 unspecified atom stereocenters. The van der Waals surface area contributed by atoms with Gasteiger partial charge >= 0.3 is 0 Å². The number of aryl methyl sites for hydroxylation is 1. The van der Waals surface area contributed by atoms with Gasteiger partial charge in [-0.2, -0.15) is 0 Å². The maximum absolute atomic E-state index is 5.96. The second-order valence-corrected chi connectivity index (χ2v) is 6.79. The first-order valence-corrected chi connectivity index (χ1v) is 9.29. The van der Waals surface area contributed by atoms with Gasteiger partial charge in [-0.05, 0) is 67.8 Å². The smallest absolute Gasteiger partial charge is 0.127 e. The van der Waals surface area contributed by atoms with Crippen LogP contribution in [0.25, 0.3) is 0 Å². The summed E-state index contributed by atoms with van der Waals surface area (Å²) < 4.78 is 5.96. The van der Waals surface area contributed by atoms with Gasteiger partial charge in [0.1, 0.15) is 11.5 Å². The molecule has 4 rings (SSSR count). The van der Waals surface area contributed by atoms with E-state index >= 15 is 0 Å². The topological polar surface area (TPSA) is 12.5 Å². The molecular weight excluding hydrogens is 330 g/mol. The van der Waals surface area contributed by atoms with E-state index in [1.807, 2.05) is 36.4 Å². The van der Waals surface area contributed by atoms with Gasteiger partial charge in [0, 0.05) is 23.2 Å². The zero-order chi connectivity index (χ0) is 18.6. The fourth-order valence-electron chi connectivity index (χ4n) is 3.31. The van der Waals surface area contributed by atoms with Crippen molar-refractivity contribution in [3.8, 4) is 11.5 Å². The lowest BCUT2D eigenvalue weighted by Gasteiger charge is -2.29. The SMILES string of the molecule is C=C1/C=C\C=C/N(c2ccc(Oc3ccc(C)cc3)cc2)C2=CCCC=C12. The van der Waals surface area contributed by atoms with Crippen molar-refractivity contribution in [2.45, 2.75) is 19.8 Å². The molecule has 2 nitrogen and oxygen atoms in total. The normalized spacial score (nSPS) is 18.6. The van der Waals surface area contributed by atoms with Gasteiger partial charge in [0.15, 0.2) is 0 Å². The highest BCUT2D eigenvalue weighted by Crippen LogP contribution is 2.34. The molecule has 0 saturated carbocycles. The number of anilines is 1. The van der Waals surface area contributed by atoms with E-state index in [0.717, 1.165) is 35.6 Å². The number of benzene rings is 2. The van der Waals surface area contributed by atoms with Crippen LogP contribution in [0.1, 0.15) is 18.4 Å². The average Bonchev–Trinajstić information content (AvgIpc) is 2.69. The molecule has 0 amide bonds. The van der Waals surface area contributed by atoms with Crippen molar-refractivity contribution < 1.29 is 4.74 Å².